The topological polar surface area (TPSA) is 76.0 Å². The molecule has 2 unspecified atom stereocenters. The molecule has 28 heavy (non-hydrogen) atoms. The fourth-order valence-corrected chi connectivity index (χ4v) is 6.45. The van der Waals surface area contributed by atoms with E-state index in [1.165, 1.54) is 18.2 Å². The van der Waals surface area contributed by atoms with Gasteiger partial charge < -0.3 is 14.9 Å². The van der Waals surface area contributed by atoms with Crippen LogP contribution in [0.5, 0.6) is 5.75 Å². The van der Waals surface area contributed by atoms with Gasteiger partial charge in [0, 0.05) is 17.9 Å². The number of carbonyl (C=O) groups excluding carboxylic acids is 1. The van der Waals surface area contributed by atoms with Crippen LogP contribution in [-0.4, -0.2) is 68.2 Å². The highest BCUT2D eigenvalue weighted by Gasteiger charge is 2.34. The first kappa shape index (κ1) is 23.4. The number of aliphatic hydroxyl groups is 2. The van der Waals surface area contributed by atoms with Crippen molar-refractivity contribution in [2.75, 3.05) is 38.8 Å². The summed E-state index contributed by atoms with van der Waals surface area (Å²) in [5, 5.41) is 19.6. The predicted molar refractivity (Wildman–Crippen MR) is 115 cm³/mol. The molecule has 0 amide bonds. The van der Waals surface area contributed by atoms with Crippen molar-refractivity contribution in [3.63, 3.8) is 0 Å². The molecule has 2 atom stereocenters. The largest absolute Gasteiger partial charge is 0.485 e. The second kappa shape index (κ2) is 13.3. The van der Waals surface area contributed by atoms with E-state index in [4.69, 9.17) is 9.57 Å². The molecule has 0 aliphatic carbocycles. The van der Waals surface area contributed by atoms with E-state index in [9.17, 15) is 15.0 Å². The minimum absolute atomic E-state index is 0.00673. The van der Waals surface area contributed by atoms with Crippen molar-refractivity contribution in [1.29, 1.82) is 0 Å². The summed E-state index contributed by atoms with van der Waals surface area (Å²) < 4.78 is 5.82. The number of thioether (sulfide) groups is 1. The first-order valence-corrected chi connectivity index (χ1v) is 12.7. The number of carbonyl (C=O) groups is 1. The molecule has 6 nitrogen and oxygen atoms in total. The maximum Gasteiger partial charge on any atom is 0.294 e. The molecule has 0 radical (unpaired) electrons. The van der Waals surface area contributed by atoms with Crippen molar-refractivity contribution < 1.29 is 28.9 Å². The number of hydrogen-bond acceptors (Lipinski definition) is 6. The lowest BCUT2D eigenvalue weighted by Gasteiger charge is -2.38. The number of nitrogens with zero attached hydrogens (tertiary/aromatic N) is 1. The summed E-state index contributed by atoms with van der Waals surface area (Å²) in [5.41, 5.74) is 0.324. The number of ether oxygens (including phenoxy) is 1. The lowest BCUT2D eigenvalue weighted by Crippen LogP contribution is -2.54. The van der Waals surface area contributed by atoms with Crippen LogP contribution < -0.4 is 4.74 Å². The van der Waals surface area contributed by atoms with Crippen LogP contribution in [0.2, 0.25) is 5.54 Å². The predicted octanol–water partition coefficient (Wildman–Crippen LogP) is 2.24. The van der Waals surface area contributed by atoms with Gasteiger partial charge in [0.25, 0.3) is 9.68 Å². The third-order valence-electron chi connectivity index (χ3n) is 5.05. The number of benzene rings is 1. The SMILES string of the molecule is O=C(COc1ccccc1)SCCCCO[N+]1(CO)CCCCCC(CO)[SiH2]1. The van der Waals surface area contributed by atoms with Crippen LogP contribution >= 0.6 is 11.8 Å². The lowest BCUT2D eigenvalue weighted by molar-refractivity contribution is -1.03. The van der Waals surface area contributed by atoms with Crippen molar-refractivity contribution in [2.24, 2.45) is 0 Å². The molecule has 1 aliphatic heterocycles. The van der Waals surface area contributed by atoms with Crippen molar-refractivity contribution in [1.82, 2.24) is 0 Å². The fraction of sp³-hybridized carbons (Fsp3) is 0.650. The van der Waals surface area contributed by atoms with Crippen LogP contribution in [-0.2, 0) is 9.63 Å². The van der Waals surface area contributed by atoms with Gasteiger partial charge in [0.2, 0.25) is 5.12 Å². The average molecular weight is 429 g/mol. The van der Waals surface area contributed by atoms with Crippen LogP contribution in [0.1, 0.15) is 38.5 Å². The monoisotopic (exact) mass is 428 g/mol. The zero-order valence-corrected chi connectivity index (χ0v) is 18.9. The summed E-state index contributed by atoms with van der Waals surface area (Å²) in [6.45, 7) is 1.74. The zero-order valence-electron chi connectivity index (χ0n) is 16.6. The van der Waals surface area contributed by atoms with Crippen LogP contribution in [0.25, 0.3) is 0 Å². The van der Waals surface area contributed by atoms with E-state index < -0.39 is 9.68 Å². The Morgan fingerprint density at radius 3 is 2.75 bits per heavy atom. The molecule has 1 heterocycles. The van der Waals surface area contributed by atoms with E-state index in [1.54, 1.807) is 0 Å². The van der Waals surface area contributed by atoms with E-state index in [0.29, 0.717) is 22.2 Å². The molecule has 2 rings (SSSR count). The number of unbranched alkanes of at least 4 members (excludes halogenated alkanes) is 1. The third-order valence-corrected chi connectivity index (χ3v) is 8.53. The van der Waals surface area contributed by atoms with Gasteiger partial charge in [0.1, 0.15) is 12.4 Å². The van der Waals surface area contributed by atoms with Crippen LogP contribution in [0.15, 0.2) is 30.3 Å². The molecule has 1 aliphatic rings. The van der Waals surface area contributed by atoms with Crippen molar-refractivity contribution in [2.45, 2.75) is 44.1 Å². The number of para-hydroxylation sites is 1. The average Bonchev–Trinajstić information content (AvgIpc) is 2.71. The summed E-state index contributed by atoms with van der Waals surface area (Å²) >= 11 is 1.30. The summed E-state index contributed by atoms with van der Waals surface area (Å²) in [6.07, 6.45) is 6.17. The summed E-state index contributed by atoms with van der Waals surface area (Å²) in [5.74, 6) is 1.46. The number of aliphatic hydroxyl groups excluding tert-OH is 2. The minimum atomic E-state index is -0.773. The Bertz CT molecular complexity index is 565. The minimum Gasteiger partial charge on any atom is -0.485 e. The second-order valence-corrected chi connectivity index (χ2v) is 11.2. The first-order valence-electron chi connectivity index (χ1n) is 10.2. The van der Waals surface area contributed by atoms with Crippen LogP contribution in [0.4, 0.5) is 0 Å². The van der Waals surface area contributed by atoms with Gasteiger partial charge in [-0.2, -0.15) is 0 Å². The highest BCUT2D eigenvalue weighted by atomic mass is 32.2. The quantitative estimate of drug-likeness (QED) is 0.416. The maximum atomic E-state index is 11.9. The van der Waals surface area contributed by atoms with Gasteiger partial charge in [-0.1, -0.05) is 36.4 Å². The Kier molecular flexibility index (Phi) is 11.1. The summed E-state index contributed by atoms with van der Waals surface area (Å²) in [7, 11) is -0.773. The molecule has 0 spiro atoms. The van der Waals surface area contributed by atoms with Gasteiger partial charge in [-0.15, -0.1) is 0 Å². The number of quaternary nitrogens is 1. The number of rotatable bonds is 11. The summed E-state index contributed by atoms with van der Waals surface area (Å²) in [4.78, 5) is 18.0. The molecule has 0 saturated carbocycles. The molecule has 1 fully saturated rings. The highest BCUT2D eigenvalue weighted by molar-refractivity contribution is 8.13. The molecule has 8 heteroatoms. The Balaban J connectivity index is 1.60. The lowest BCUT2D eigenvalue weighted by atomic mass is 10.1. The Labute approximate surface area is 174 Å². The van der Waals surface area contributed by atoms with Crippen molar-refractivity contribution >= 4 is 26.6 Å². The molecule has 1 saturated heterocycles. The van der Waals surface area contributed by atoms with E-state index in [0.717, 1.165) is 44.4 Å². The van der Waals surface area contributed by atoms with Crippen LogP contribution in [0.3, 0.4) is 0 Å². The Morgan fingerprint density at radius 1 is 1.18 bits per heavy atom. The molecule has 2 N–H and O–H groups in total. The van der Waals surface area contributed by atoms with E-state index in [1.807, 2.05) is 30.3 Å². The normalized spacial score (nSPS) is 23.9. The highest BCUT2D eigenvalue weighted by Crippen LogP contribution is 2.24. The van der Waals surface area contributed by atoms with E-state index in [-0.39, 0.29) is 25.1 Å². The Hall–Kier alpha value is -0.903. The van der Waals surface area contributed by atoms with Crippen LogP contribution in [0, 0.1) is 0 Å². The molecule has 1 aromatic rings. The van der Waals surface area contributed by atoms with Gasteiger partial charge >= 0.3 is 0 Å². The van der Waals surface area contributed by atoms with Gasteiger partial charge in [0.05, 0.1) is 6.54 Å². The van der Waals surface area contributed by atoms with Gasteiger partial charge in [0.15, 0.2) is 13.3 Å². The van der Waals surface area contributed by atoms with E-state index in [2.05, 4.69) is 0 Å². The second-order valence-electron chi connectivity index (χ2n) is 7.37. The smallest absolute Gasteiger partial charge is 0.294 e. The maximum absolute atomic E-state index is 11.9. The molecule has 158 valence electrons. The third kappa shape index (κ3) is 8.63. The molecule has 1 aromatic carbocycles. The standard InChI is InChI=1S/C20H34NO5SSi/c22-15-19-11-5-2-6-12-21(17-23,28-19)26-13-7-8-14-27-20(24)16-25-18-9-3-1-4-10-18/h1,3-4,9-10,19,22-23H,2,5-8,11-17,28H2/q+1. The van der Waals surface area contributed by atoms with Crippen molar-refractivity contribution in [3.8, 4) is 5.75 Å². The van der Waals surface area contributed by atoms with E-state index >= 15 is 0 Å². The Morgan fingerprint density at radius 2 is 2.00 bits per heavy atom. The van der Waals surface area contributed by atoms with Gasteiger partial charge in [-0.25, -0.2) is 9.15 Å². The molecule has 0 aromatic heterocycles. The molecular weight excluding hydrogens is 394 g/mol. The number of hydrogen-bond donors (Lipinski definition) is 2. The molecular formula is C20H34NO5SSi+. The first-order chi connectivity index (χ1) is 13.7. The van der Waals surface area contributed by atoms with Gasteiger partial charge in [-0.05, 0) is 44.2 Å². The van der Waals surface area contributed by atoms with Crippen molar-refractivity contribution in [3.05, 3.63) is 30.3 Å². The summed E-state index contributed by atoms with van der Waals surface area (Å²) in [6, 6.07) is 9.35. The number of hydroxylamine groups is 2. The fourth-order valence-electron chi connectivity index (χ4n) is 3.45. The molecule has 0 bridgehead atoms. The zero-order chi connectivity index (χ0) is 20.1. The van der Waals surface area contributed by atoms with Gasteiger partial charge in [-0.3, -0.25) is 4.79 Å².